The van der Waals surface area contributed by atoms with E-state index in [-0.39, 0.29) is 6.04 Å². The van der Waals surface area contributed by atoms with E-state index in [1.165, 1.54) is 5.56 Å². The van der Waals surface area contributed by atoms with Crippen LogP contribution in [-0.2, 0) is 6.42 Å². The molecular weight excluding hydrogens is 284 g/mol. The van der Waals surface area contributed by atoms with Crippen molar-refractivity contribution in [3.8, 4) is 0 Å². The van der Waals surface area contributed by atoms with Crippen molar-refractivity contribution in [3.05, 3.63) is 65.1 Å². The van der Waals surface area contributed by atoms with Gasteiger partial charge in [-0.2, -0.15) is 0 Å². The van der Waals surface area contributed by atoms with Crippen LogP contribution in [0.3, 0.4) is 0 Å². The van der Waals surface area contributed by atoms with Crippen LogP contribution in [0.1, 0.15) is 24.1 Å². The van der Waals surface area contributed by atoms with Gasteiger partial charge < -0.3 is 9.73 Å². The van der Waals surface area contributed by atoms with E-state index in [9.17, 15) is 0 Å². The number of aromatic nitrogens is 1. The number of nitrogens with zero attached hydrogens (tertiary/aromatic N) is 1. The fourth-order valence-electron chi connectivity index (χ4n) is 2.60. The Morgan fingerprint density at radius 1 is 1.29 bits per heavy atom. The van der Waals surface area contributed by atoms with E-state index in [0.717, 1.165) is 29.5 Å². The van der Waals surface area contributed by atoms with Crippen molar-refractivity contribution < 1.29 is 4.42 Å². The van der Waals surface area contributed by atoms with E-state index in [2.05, 4.69) is 23.3 Å². The van der Waals surface area contributed by atoms with Crippen molar-refractivity contribution in [2.24, 2.45) is 0 Å². The third-order valence-corrected chi connectivity index (χ3v) is 3.96. The lowest BCUT2D eigenvalue weighted by atomic mass is 9.99. The van der Waals surface area contributed by atoms with Gasteiger partial charge in [0.1, 0.15) is 5.58 Å². The maximum atomic E-state index is 6.23. The molecule has 108 valence electrons. The van der Waals surface area contributed by atoms with Gasteiger partial charge in [0.2, 0.25) is 0 Å². The molecule has 2 aromatic heterocycles. The number of halogens is 1. The molecule has 3 rings (SSSR count). The van der Waals surface area contributed by atoms with Gasteiger partial charge in [-0.15, -0.1) is 0 Å². The lowest BCUT2D eigenvalue weighted by Gasteiger charge is -2.17. The van der Waals surface area contributed by atoms with Gasteiger partial charge in [-0.25, -0.2) is 0 Å². The highest BCUT2D eigenvalue weighted by atomic mass is 35.5. The fraction of sp³-hybridized carbons (Fsp3) is 0.235. The number of likely N-dealkylation sites (N-methyl/N-ethyl adjacent to an activating group) is 1. The normalized spacial score (nSPS) is 12.7. The molecule has 3 nitrogen and oxygen atoms in total. The zero-order valence-corrected chi connectivity index (χ0v) is 12.6. The monoisotopic (exact) mass is 300 g/mol. The van der Waals surface area contributed by atoms with E-state index >= 15 is 0 Å². The molecule has 0 bridgehead atoms. The van der Waals surface area contributed by atoms with Crippen LogP contribution >= 0.6 is 11.6 Å². The van der Waals surface area contributed by atoms with E-state index < -0.39 is 0 Å². The summed E-state index contributed by atoms with van der Waals surface area (Å²) < 4.78 is 5.66. The minimum absolute atomic E-state index is 0.165. The quantitative estimate of drug-likeness (QED) is 0.760. The summed E-state index contributed by atoms with van der Waals surface area (Å²) in [5.74, 6) is 0. The molecule has 1 atom stereocenters. The average molecular weight is 301 g/mol. The van der Waals surface area contributed by atoms with Gasteiger partial charge in [-0.1, -0.05) is 36.7 Å². The summed E-state index contributed by atoms with van der Waals surface area (Å²) in [5.41, 5.74) is 3.17. The molecule has 4 heteroatoms. The second-order valence-electron chi connectivity index (χ2n) is 4.97. The third-order valence-electron chi connectivity index (χ3n) is 3.62. The van der Waals surface area contributed by atoms with Crippen molar-refractivity contribution in [1.82, 2.24) is 10.3 Å². The van der Waals surface area contributed by atoms with Gasteiger partial charge in [0.25, 0.3) is 0 Å². The molecule has 1 unspecified atom stereocenters. The van der Waals surface area contributed by atoms with Gasteiger partial charge in [0.05, 0.1) is 11.3 Å². The molecule has 1 aromatic carbocycles. The number of benzene rings is 1. The van der Waals surface area contributed by atoms with Crippen LogP contribution in [0, 0.1) is 0 Å². The number of hydrogen-bond donors (Lipinski definition) is 1. The molecule has 0 saturated heterocycles. The first-order chi connectivity index (χ1) is 10.3. The lowest BCUT2D eigenvalue weighted by molar-refractivity contribution is 0.535. The number of furan rings is 1. The van der Waals surface area contributed by atoms with E-state index in [1.54, 1.807) is 12.4 Å². The second kappa shape index (κ2) is 6.29. The van der Waals surface area contributed by atoms with Crippen LogP contribution in [0.15, 0.2) is 53.4 Å². The SMILES string of the molecule is CCNC(Cc1ccncc1Cl)c1coc2ccccc12. The molecule has 0 aliphatic rings. The first kappa shape index (κ1) is 14.1. The maximum Gasteiger partial charge on any atom is 0.134 e. The Labute approximate surface area is 128 Å². The van der Waals surface area contributed by atoms with Gasteiger partial charge in [-0.05, 0) is 30.7 Å². The molecule has 0 spiro atoms. The molecule has 0 aliphatic heterocycles. The van der Waals surface area contributed by atoms with E-state index in [0.29, 0.717) is 5.02 Å². The Balaban J connectivity index is 1.96. The standard InChI is InChI=1S/C17H17ClN2O/c1-2-20-16(9-12-7-8-19-10-15(12)18)14-11-21-17-6-4-3-5-13(14)17/h3-8,10-11,16,20H,2,9H2,1H3. The third kappa shape index (κ3) is 2.94. The Bertz CT molecular complexity index is 738. The molecule has 0 radical (unpaired) electrons. The number of hydrogen-bond acceptors (Lipinski definition) is 3. The number of rotatable bonds is 5. The Hall–Kier alpha value is -1.84. The average Bonchev–Trinajstić information content (AvgIpc) is 2.93. The molecule has 0 aliphatic carbocycles. The highest BCUT2D eigenvalue weighted by Gasteiger charge is 2.17. The maximum absolute atomic E-state index is 6.23. The smallest absolute Gasteiger partial charge is 0.134 e. The van der Waals surface area contributed by atoms with Crippen molar-refractivity contribution in [3.63, 3.8) is 0 Å². The summed E-state index contributed by atoms with van der Waals surface area (Å²) in [4.78, 5) is 4.04. The Kier molecular flexibility index (Phi) is 4.23. The zero-order valence-electron chi connectivity index (χ0n) is 11.8. The Morgan fingerprint density at radius 3 is 2.95 bits per heavy atom. The van der Waals surface area contributed by atoms with Crippen molar-refractivity contribution in [1.29, 1.82) is 0 Å². The van der Waals surface area contributed by atoms with E-state index in [4.69, 9.17) is 16.0 Å². The van der Waals surface area contributed by atoms with Crippen LogP contribution in [0.4, 0.5) is 0 Å². The van der Waals surface area contributed by atoms with Crippen LogP contribution in [0.2, 0.25) is 5.02 Å². The number of pyridine rings is 1. The highest BCUT2D eigenvalue weighted by molar-refractivity contribution is 6.31. The molecule has 21 heavy (non-hydrogen) atoms. The largest absolute Gasteiger partial charge is 0.464 e. The summed E-state index contributed by atoms with van der Waals surface area (Å²) in [7, 11) is 0. The summed E-state index contributed by atoms with van der Waals surface area (Å²) in [5, 5.41) is 5.36. The summed E-state index contributed by atoms with van der Waals surface area (Å²) in [6.07, 6.45) is 6.11. The summed E-state index contributed by atoms with van der Waals surface area (Å²) in [6, 6.07) is 10.2. The molecule has 0 saturated carbocycles. The van der Waals surface area contributed by atoms with Gasteiger partial charge in [0.15, 0.2) is 0 Å². The van der Waals surface area contributed by atoms with Crippen LogP contribution in [-0.4, -0.2) is 11.5 Å². The van der Waals surface area contributed by atoms with Gasteiger partial charge in [0, 0.05) is 29.4 Å². The summed E-state index contributed by atoms with van der Waals surface area (Å²) in [6.45, 7) is 2.98. The molecule has 3 aromatic rings. The number of para-hydroxylation sites is 1. The summed E-state index contributed by atoms with van der Waals surface area (Å²) >= 11 is 6.23. The Morgan fingerprint density at radius 2 is 2.14 bits per heavy atom. The minimum Gasteiger partial charge on any atom is -0.464 e. The first-order valence-electron chi connectivity index (χ1n) is 7.07. The second-order valence-corrected chi connectivity index (χ2v) is 5.38. The molecule has 2 heterocycles. The van der Waals surface area contributed by atoms with E-state index in [1.807, 2.05) is 30.5 Å². The predicted octanol–water partition coefficient (Wildman–Crippen LogP) is 4.37. The molecular formula is C17H17ClN2O. The fourth-order valence-corrected chi connectivity index (χ4v) is 2.79. The number of fused-ring (bicyclic) bond motifs is 1. The highest BCUT2D eigenvalue weighted by Crippen LogP contribution is 2.29. The lowest BCUT2D eigenvalue weighted by Crippen LogP contribution is -2.22. The van der Waals surface area contributed by atoms with Crippen LogP contribution < -0.4 is 5.32 Å². The van der Waals surface area contributed by atoms with Gasteiger partial charge >= 0.3 is 0 Å². The van der Waals surface area contributed by atoms with Crippen molar-refractivity contribution in [2.45, 2.75) is 19.4 Å². The topological polar surface area (TPSA) is 38.1 Å². The molecule has 1 N–H and O–H groups in total. The van der Waals surface area contributed by atoms with Crippen molar-refractivity contribution >= 4 is 22.6 Å². The predicted molar refractivity (Wildman–Crippen MR) is 85.6 cm³/mol. The number of nitrogens with one attached hydrogen (secondary N) is 1. The zero-order chi connectivity index (χ0) is 14.7. The van der Waals surface area contributed by atoms with Crippen LogP contribution in [0.5, 0.6) is 0 Å². The minimum atomic E-state index is 0.165. The molecule has 0 amide bonds. The van der Waals surface area contributed by atoms with Crippen molar-refractivity contribution in [2.75, 3.05) is 6.54 Å². The first-order valence-corrected chi connectivity index (χ1v) is 7.45. The van der Waals surface area contributed by atoms with Gasteiger partial charge in [-0.3, -0.25) is 4.98 Å². The van der Waals surface area contributed by atoms with Crippen LogP contribution in [0.25, 0.3) is 11.0 Å². The molecule has 0 fully saturated rings.